The van der Waals surface area contributed by atoms with E-state index in [1.807, 2.05) is 12.1 Å². The van der Waals surface area contributed by atoms with Crippen molar-refractivity contribution in [3.05, 3.63) is 58.0 Å². The predicted octanol–water partition coefficient (Wildman–Crippen LogP) is 0.754. The van der Waals surface area contributed by atoms with Gasteiger partial charge in [-0.3, -0.25) is 14.3 Å². The Labute approximate surface area is 152 Å². The van der Waals surface area contributed by atoms with Crippen LogP contribution in [0.4, 0.5) is 0 Å². The number of aryl methyl sites for hydroxylation is 2. The first-order chi connectivity index (χ1) is 12.4. The second-order valence-electron chi connectivity index (χ2n) is 7.03. The zero-order chi connectivity index (χ0) is 18.7. The molecule has 138 valence electrons. The Morgan fingerprint density at radius 3 is 2.65 bits per heavy atom. The molecule has 0 spiro atoms. The van der Waals surface area contributed by atoms with Crippen molar-refractivity contribution in [2.45, 2.75) is 51.8 Å². The van der Waals surface area contributed by atoms with Crippen molar-refractivity contribution in [1.82, 2.24) is 19.9 Å². The lowest BCUT2D eigenvalue weighted by Crippen LogP contribution is -2.49. The van der Waals surface area contributed by atoms with Crippen molar-refractivity contribution in [3.63, 3.8) is 0 Å². The molecule has 0 radical (unpaired) electrons. The fourth-order valence-corrected chi connectivity index (χ4v) is 3.43. The van der Waals surface area contributed by atoms with Gasteiger partial charge in [0, 0.05) is 29.8 Å². The van der Waals surface area contributed by atoms with Gasteiger partial charge in [0.2, 0.25) is 5.91 Å². The number of nitrogens with one attached hydrogen (secondary N) is 1. The molecule has 2 aromatic rings. The lowest BCUT2D eigenvalue weighted by atomic mass is 9.75. The number of amides is 1. The summed E-state index contributed by atoms with van der Waals surface area (Å²) >= 11 is 0. The third-order valence-electron chi connectivity index (χ3n) is 4.92. The minimum atomic E-state index is -0.414. The van der Waals surface area contributed by atoms with Gasteiger partial charge in [0.05, 0.1) is 6.10 Å². The molecule has 1 aliphatic rings. The van der Waals surface area contributed by atoms with E-state index in [9.17, 15) is 14.7 Å². The molecule has 7 heteroatoms. The first-order valence-corrected chi connectivity index (χ1v) is 8.84. The fourth-order valence-electron chi connectivity index (χ4n) is 3.43. The predicted molar refractivity (Wildman–Crippen MR) is 96.6 cm³/mol. The highest BCUT2D eigenvalue weighted by Crippen LogP contribution is 2.31. The van der Waals surface area contributed by atoms with Gasteiger partial charge in [-0.1, -0.05) is 0 Å². The van der Waals surface area contributed by atoms with E-state index < -0.39 is 5.69 Å². The fraction of sp³-hybridized carbons (Fsp3) is 0.474. The maximum atomic E-state index is 12.6. The maximum Gasteiger partial charge on any atom is 0.348 e. The van der Waals surface area contributed by atoms with Gasteiger partial charge in [-0.25, -0.2) is 4.79 Å². The van der Waals surface area contributed by atoms with Gasteiger partial charge in [-0.15, -0.1) is 0 Å². The van der Waals surface area contributed by atoms with Gasteiger partial charge < -0.3 is 10.4 Å². The van der Waals surface area contributed by atoms with Crippen LogP contribution in [0.1, 0.15) is 29.8 Å². The summed E-state index contributed by atoms with van der Waals surface area (Å²) in [6, 6.07) is 5.55. The van der Waals surface area contributed by atoms with Gasteiger partial charge in [-0.05, 0) is 62.8 Å². The van der Waals surface area contributed by atoms with E-state index in [0.717, 1.165) is 5.56 Å². The van der Waals surface area contributed by atoms with Crippen molar-refractivity contribution in [2.75, 3.05) is 0 Å². The molecule has 1 amide bonds. The Balaban J connectivity index is 1.70. The van der Waals surface area contributed by atoms with E-state index in [2.05, 4.69) is 15.3 Å². The van der Waals surface area contributed by atoms with E-state index in [1.165, 1.54) is 4.57 Å². The molecule has 1 saturated carbocycles. The zero-order valence-electron chi connectivity index (χ0n) is 15.1. The molecule has 0 unspecified atom stereocenters. The first kappa shape index (κ1) is 18.3. The molecule has 1 aliphatic carbocycles. The first-order valence-electron chi connectivity index (χ1n) is 8.84. The van der Waals surface area contributed by atoms with Crippen molar-refractivity contribution < 1.29 is 9.90 Å². The zero-order valence-corrected chi connectivity index (χ0v) is 15.1. The minimum Gasteiger partial charge on any atom is -0.393 e. The molecule has 7 nitrogen and oxygen atoms in total. The molecule has 1 atom stereocenters. The molecule has 26 heavy (non-hydrogen) atoms. The van der Waals surface area contributed by atoms with E-state index >= 15 is 0 Å². The summed E-state index contributed by atoms with van der Waals surface area (Å²) in [5, 5.41) is 12.7. The molecule has 3 rings (SSSR count). The van der Waals surface area contributed by atoms with Crippen molar-refractivity contribution in [2.24, 2.45) is 5.92 Å². The van der Waals surface area contributed by atoms with Crippen molar-refractivity contribution >= 4 is 5.91 Å². The summed E-state index contributed by atoms with van der Waals surface area (Å²) in [5.41, 5.74) is 2.02. The number of hydrogen-bond acceptors (Lipinski definition) is 5. The van der Waals surface area contributed by atoms with Crippen LogP contribution in [0, 0.1) is 19.8 Å². The number of aliphatic hydroxyl groups excluding tert-OH is 1. The third-order valence-corrected chi connectivity index (χ3v) is 4.92. The van der Waals surface area contributed by atoms with Crippen LogP contribution in [0.25, 0.3) is 0 Å². The van der Waals surface area contributed by atoms with Gasteiger partial charge >= 0.3 is 5.69 Å². The Morgan fingerprint density at radius 2 is 2.04 bits per heavy atom. The SMILES string of the molecule is Cc1cc(C)n(CC(=O)N[C@H](Cc2ccncc2)C2CC(O)C2)c(=O)n1. The molecular formula is C19H24N4O3. The maximum absolute atomic E-state index is 12.6. The summed E-state index contributed by atoms with van der Waals surface area (Å²) < 4.78 is 1.38. The topological polar surface area (TPSA) is 97.1 Å². The Morgan fingerprint density at radius 1 is 1.35 bits per heavy atom. The highest BCUT2D eigenvalue weighted by molar-refractivity contribution is 5.76. The standard InChI is InChI=1S/C19H24N4O3/c1-12-7-13(2)23(19(26)21-12)11-18(25)22-17(15-9-16(24)10-15)8-14-3-5-20-6-4-14/h3-7,15-17,24H,8-11H2,1-2H3,(H,22,25)/t15?,16?,17-/m1/s1. The number of rotatable bonds is 6. The Bertz CT molecular complexity index is 828. The smallest absolute Gasteiger partial charge is 0.348 e. The molecule has 2 aromatic heterocycles. The number of pyridine rings is 1. The molecule has 0 saturated heterocycles. The van der Waals surface area contributed by atoms with Crippen molar-refractivity contribution in [1.29, 1.82) is 0 Å². The lowest BCUT2D eigenvalue weighted by Gasteiger charge is -2.38. The van der Waals surface area contributed by atoms with Crippen LogP contribution in [-0.4, -0.2) is 37.7 Å². The molecule has 0 aliphatic heterocycles. The van der Waals surface area contributed by atoms with E-state index in [1.54, 1.807) is 32.3 Å². The van der Waals surface area contributed by atoms with E-state index in [4.69, 9.17) is 0 Å². The second kappa shape index (κ2) is 7.78. The second-order valence-corrected chi connectivity index (χ2v) is 7.03. The molecular weight excluding hydrogens is 332 g/mol. The van der Waals surface area contributed by atoms with Gasteiger partial charge in [0.15, 0.2) is 0 Å². The average molecular weight is 356 g/mol. The third kappa shape index (κ3) is 4.35. The highest BCUT2D eigenvalue weighted by Gasteiger charge is 2.34. The molecule has 1 fully saturated rings. The summed E-state index contributed by atoms with van der Waals surface area (Å²) in [4.78, 5) is 32.5. The Kier molecular flexibility index (Phi) is 5.46. The largest absolute Gasteiger partial charge is 0.393 e. The van der Waals surface area contributed by atoms with Crippen LogP contribution in [-0.2, 0) is 17.8 Å². The summed E-state index contributed by atoms with van der Waals surface area (Å²) in [6.07, 6.45) is 5.20. The van der Waals surface area contributed by atoms with Crippen LogP contribution in [0.5, 0.6) is 0 Å². The van der Waals surface area contributed by atoms with Crippen LogP contribution in [0.3, 0.4) is 0 Å². The molecule has 0 aromatic carbocycles. The summed E-state index contributed by atoms with van der Waals surface area (Å²) in [7, 11) is 0. The number of carbonyl (C=O) groups is 1. The number of hydrogen-bond donors (Lipinski definition) is 2. The average Bonchev–Trinajstić information content (AvgIpc) is 2.55. The number of aromatic nitrogens is 3. The van der Waals surface area contributed by atoms with Crippen LogP contribution >= 0.6 is 0 Å². The molecule has 2 N–H and O–H groups in total. The molecule has 0 bridgehead atoms. The van der Waals surface area contributed by atoms with E-state index in [0.29, 0.717) is 30.7 Å². The van der Waals surface area contributed by atoms with Crippen molar-refractivity contribution in [3.8, 4) is 0 Å². The van der Waals surface area contributed by atoms with Gasteiger partial charge in [0.25, 0.3) is 0 Å². The van der Waals surface area contributed by atoms with E-state index in [-0.39, 0.29) is 30.5 Å². The monoisotopic (exact) mass is 356 g/mol. The summed E-state index contributed by atoms with van der Waals surface area (Å²) in [5.74, 6) is 0.0115. The number of carbonyl (C=O) groups excluding carboxylic acids is 1. The quantitative estimate of drug-likeness (QED) is 0.796. The highest BCUT2D eigenvalue weighted by atomic mass is 16.3. The summed E-state index contributed by atoms with van der Waals surface area (Å²) in [6.45, 7) is 3.49. The van der Waals surface area contributed by atoms with Gasteiger partial charge in [0.1, 0.15) is 6.54 Å². The minimum absolute atomic E-state index is 0.0555. The van der Waals surface area contributed by atoms with Crippen LogP contribution in [0.2, 0.25) is 0 Å². The number of aliphatic hydroxyl groups is 1. The van der Waals surface area contributed by atoms with Gasteiger partial charge in [-0.2, -0.15) is 4.98 Å². The Hall–Kier alpha value is -2.54. The lowest BCUT2D eigenvalue weighted by molar-refractivity contribution is -0.123. The molecule has 2 heterocycles. The van der Waals surface area contributed by atoms with Crippen LogP contribution in [0.15, 0.2) is 35.4 Å². The van der Waals surface area contributed by atoms with Crippen LogP contribution < -0.4 is 11.0 Å². The number of nitrogens with zero attached hydrogens (tertiary/aromatic N) is 3. The normalized spacial score (nSPS) is 20.3.